The number of rotatable bonds is 10. The van der Waals surface area contributed by atoms with E-state index < -0.39 is 6.10 Å². The van der Waals surface area contributed by atoms with E-state index in [4.69, 9.17) is 9.47 Å². The van der Waals surface area contributed by atoms with Crippen LogP contribution in [0.3, 0.4) is 0 Å². The van der Waals surface area contributed by atoms with Gasteiger partial charge in [-0.25, -0.2) is 4.39 Å². The Hall–Kier alpha value is -1.95. The van der Waals surface area contributed by atoms with Crippen molar-refractivity contribution in [3.63, 3.8) is 0 Å². The Bertz CT molecular complexity index is 643. The topological polar surface area (TPSA) is 41.9 Å². The van der Waals surface area contributed by atoms with E-state index in [-0.39, 0.29) is 11.9 Å². The molecule has 0 bridgehead atoms. The third-order valence-corrected chi connectivity index (χ3v) is 3.98. The molecule has 0 amide bonds. The van der Waals surface area contributed by atoms with Crippen molar-refractivity contribution in [2.24, 2.45) is 0 Å². The van der Waals surface area contributed by atoms with Crippen LogP contribution in [0, 0.1) is 5.82 Å². The third kappa shape index (κ3) is 7.12. The molecule has 0 saturated heterocycles. The minimum Gasteiger partial charge on any atom is -0.497 e. The molecule has 0 saturated carbocycles. The maximum Gasteiger partial charge on any atom is 0.123 e. The van der Waals surface area contributed by atoms with Crippen molar-refractivity contribution >= 4 is 0 Å². The Balaban J connectivity index is 2.04. The molecule has 5 heteroatoms. The highest BCUT2D eigenvalue weighted by Crippen LogP contribution is 2.15. The summed E-state index contributed by atoms with van der Waals surface area (Å²) in [5.74, 6) is 0.560. The summed E-state index contributed by atoms with van der Waals surface area (Å²) >= 11 is 0. The maximum absolute atomic E-state index is 13.1. The van der Waals surface area contributed by atoms with Crippen LogP contribution in [-0.2, 0) is 17.8 Å². The predicted molar refractivity (Wildman–Crippen MR) is 101 cm³/mol. The highest BCUT2D eigenvalue weighted by molar-refractivity contribution is 5.27. The van der Waals surface area contributed by atoms with Gasteiger partial charge in [-0.05, 0) is 49.2 Å². The Kier molecular flexibility index (Phi) is 8.04. The molecular weight excluding hydrogens is 333 g/mol. The van der Waals surface area contributed by atoms with Crippen LogP contribution in [0.1, 0.15) is 25.0 Å². The van der Waals surface area contributed by atoms with Gasteiger partial charge in [-0.3, -0.25) is 4.90 Å². The molecule has 0 aliphatic carbocycles. The van der Waals surface area contributed by atoms with Crippen LogP contribution < -0.4 is 4.74 Å². The Morgan fingerprint density at radius 3 is 2.00 bits per heavy atom. The summed E-state index contributed by atoms with van der Waals surface area (Å²) in [6, 6.07) is 14.3. The van der Waals surface area contributed by atoms with Crippen LogP contribution in [0.2, 0.25) is 0 Å². The van der Waals surface area contributed by atoms with Crippen molar-refractivity contribution < 1.29 is 19.0 Å². The lowest BCUT2D eigenvalue weighted by atomic mass is 10.1. The highest BCUT2D eigenvalue weighted by Gasteiger charge is 2.14. The average molecular weight is 361 g/mol. The molecule has 2 aromatic carbocycles. The second-order valence-corrected chi connectivity index (χ2v) is 6.68. The van der Waals surface area contributed by atoms with Gasteiger partial charge in [0.25, 0.3) is 0 Å². The summed E-state index contributed by atoms with van der Waals surface area (Å²) in [7, 11) is 1.64. The summed E-state index contributed by atoms with van der Waals surface area (Å²) in [6.07, 6.45) is -0.507. The average Bonchev–Trinajstić information content (AvgIpc) is 2.62. The molecule has 0 aromatic heterocycles. The lowest BCUT2D eigenvalue weighted by Gasteiger charge is -2.26. The van der Waals surface area contributed by atoms with E-state index in [1.807, 2.05) is 38.1 Å². The Labute approximate surface area is 155 Å². The van der Waals surface area contributed by atoms with E-state index in [0.717, 1.165) is 16.9 Å². The van der Waals surface area contributed by atoms with Gasteiger partial charge in [-0.1, -0.05) is 24.3 Å². The van der Waals surface area contributed by atoms with E-state index >= 15 is 0 Å². The van der Waals surface area contributed by atoms with Crippen molar-refractivity contribution in [1.29, 1.82) is 0 Å². The molecule has 0 radical (unpaired) electrons. The van der Waals surface area contributed by atoms with Gasteiger partial charge in [0.1, 0.15) is 11.6 Å². The van der Waals surface area contributed by atoms with Gasteiger partial charge in [0, 0.05) is 19.6 Å². The molecule has 1 N–H and O–H groups in total. The number of nitrogens with zero attached hydrogens (tertiary/aromatic N) is 1. The molecule has 0 aliphatic heterocycles. The van der Waals surface area contributed by atoms with Crippen molar-refractivity contribution in [2.75, 3.05) is 20.3 Å². The van der Waals surface area contributed by atoms with Crippen molar-refractivity contribution in [1.82, 2.24) is 4.90 Å². The summed E-state index contributed by atoms with van der Waals surface area (Å²) in [5.41, 5.74) is 2.11. The van der Waals surface area contributed by atoms with Crippen LogP contribution in [-0.4, -0.2) is 42.5 Å². The molecular formula is C21H28FNO3. The van der Waals surface area contributed by atoms with Crippen LogP contribution in [0.4, 0.5) is 4.39 Å². The normalized spacial score (nSPS) is 12.6. The van der Waals surface area contributed by atoms with E-state index in [1.54, 1.807) is 19.2 Å². The third-order valence-electron chi connectivity index (χ3n) is 3.98. The van der Waals surface area contributed by atoms with Gasteiger partial charge in [0.05, 0.1) is 25.9 Å². The number of halogens is 1. The molecule has 26 heavy (non-hydrogen) atoms. The highest BCUT2D eigenvalue weighted by atomic mass is 19.1. The predicted octanol–water partition coefficient (Wildman–Crippen LogP) is 3.62. The second kappa shape index (κ2) is 10.3. The number of hydrogen-bond acceptors (Lipinski definition) is 4. The SMILES string of the molecule is COc1ccc(CN(Cc2ccc(F)cc2)C[C@H](O)COC(C)C)cc1. The first kappa shape index (κ1) is 20.4. The van der Waals surface area contributed by atoms with Crippen molar-refractivity contribution in [2.45, 2.75) is 39.1 Å². The number of methoxy groups -OCH3 is 1. The standard InChI is InChI=1S/C21H28FNO3/c1-16(2)26-15-20(24)14-23(12-17-4-8-19(22)9-5-17)13-18-6-10-21(25-3)11-7-18/h4-11,16,20,24H,12-15H2,1-3H3/t20-/m0/s1. The smallest absolute Gasteiger partial charge is 0.123 e. The summed E-state index contributed by atoms with van der Waals surface area (Å²) in [5, 5.41) is 10.3. The number of benzene rings is 2. The first-order valence-corrected chi connectivity index (χ1v) is 8.85. The van der Waals surface area contributed by atoms with E-state index in [9.17, 15) is 9.50 Å². The molecule has 0 aliphatic rings. The zero-order chi connectivity index (χ0) is 18.9. The molecule has 0 heterocycles. The van der Waals surface area contributed by atoms with E-state index in [1.165, 1.54) is 12.1 Å². The van der Waals surface area contributed by atoms with E-state index in [2.05, 4.69) is 4.90 Å². The fourth-order valence-corrected chi connectivity index (χ4v) is 2.68. The van der Waals surface area contributed by atoms with Crippen LogP contribution >= 0.6 is 0 Å². The first-order chi connectivity index (χ1) is 12.5. The molecule has 2 rings (SSSR count). The van der Waals surface area contributed by atoms with Crippen LogP contribution in [0.15, 0.2) is 48.5 Å². The molecule has 0 spiro atoms. The maximum atomic E-state index is 13.1. The van der Waals surface area contributed by atoms with Gasteiger partial charge in [0.15, 0.2) is 0 Å². The van der Waals surface area contributed by atoms with Crippen LogP contribution in [0.5, 0.6) is 5.75 Å². The Morgan fingerprint density at radius 2 is 1.50 bits per heavy atom. The lowest BCUT2D eigenvalue weighted by molar-refractivity contribution is -0.0106. The largest absolute Gasteiger partial charge is 0.497 e. The lowest BCUT2D eigenvalue weighted by Crippen LogP contribution is -2.34. The molecule has 2 aromatic rings. The zero-order valence-corrected chi connectivity index (χ0v) is 15.7. The first-order valence-electron chi connectivity index (χ1n) is 8.85. The summed E-state index contributed by atoms with van der Waals surface area (Å²) in [4.78, 5) is 2.13. The Morgan fingerprint density at radius 1 is 0.962 bits per heavy atom. The van der Waals surface area contributed by atoms with Gasteiger partial charge in [-0.2, -0.15) is 0 Å². The number of aliphatic hydroxyl groups is 1. The van der Waals surface area contributed by atoms with Crippen LogP contribution in [0.25, 0.3) is 0 Å². The molecule has 0 unspecified atom stereocenters. The second-order valence-electron chi connectivity index (χ2n) is 6.68. The van der Waals surface area contributed by atoms with E-state index in [0.29, 0.717) is 26.2 Å². The number of aliphatic hydroxyl groups excluding tert-OH is 1. The minimum atomic E-state index is -0.587. The quantitative estimate of drug-likeness (QED) is 0.702. The van der Waals surface area contributed by atoms with Gasteiger partial charge < -0.3 is 14.6 Å². The van der Waals surface area contributed by atoms with Crippen molar-refractivity contribution in [3.8, 4) is 5.75 Å². The number of ether oxygens (including phenoxy) is 2. The van der Waals surface area contributed by atoms with Gasteiger partial charge >= 0.3 is 0 Å². The number of hydrogen-bond donors (Lipinski definition) is 1. The fraction of sp³-hybridized carbons (Fsp3) is 0.429. The molecule has 1 atom stereocenters. The van der Waals surface area contributed by atoms with Gasteiger partial charge in [0.2, 0.25) is 0 Å². The minimum absolute atomic E-state index is 0.0804. The molecule has 142 valence electrons. The summed E-state index contributed by atoms with van der Waals surface area (Å²) in [6.45, 7) is 5.93. The fourth-order valence-electron chi connectivity index (χ4n) is 2.68. The molecule has 0 fully saturated rings. The van der Waals surface area contributed by atoms with Crippen molar-refractivity contribution in [3.05, 3.63) is 65.5 Å². The summed E-state index contributed by atoms with van der Waals surface area (Å²) < 4.78 is 23.8. The van der Waals surface area contributed by atoms with Gasteiger partial charge in [-0.15, -0.1) is 0 Å². The monoisotopic (exact) mass is 361 g/mol. The molecule has 4 nitrogen and oxygen atoms in total. The zero-order valence-electron chi connectivity index (χ0n) is 15.7.